The number of pyridine rings is 4. The minimum Gasteiger partial charge on any atom is -0.200 e. The van der Waals surface area contributed by atoms with E-state index in [0.717, 1.165) is 47.4 Å². The van der Waals surface area contributed by atoms with Crippen molar-refractivity contribution in [2.24, 2.45) is 39.0 Å². The summed E-state index contributed by atoms with van der Waals surface area (Å²) >= 11 is 0. The fourth-order valence-corrected chi connectivity index (χ4v) is 14.5. The van der Waals surface area contributed by atoms with E-state index in [1.165, 1.54) is 150 Å². The molecule has 0 aliphatic heterocycles. The number of aryl methyl sites for hydroxylation is 8. The first kappa shape index (κ1) is 67.5. The first-order valence-electron chi connectivity index (χ1n) is 37.9. The SMILES string of the molecule is Cc1ccccc1-c1ccc(-c2ccc(CC(C)(C)C)cc2)c[n+]1C.Cc1ccccc1-c1ccc(-c2cccc(C3CCCC3)c2)c[n+]1C.[2H]C([2H])(c1ccc(-c2ccc(-c3ccccc3C)[n+](C)c2)cc1)C(C)(C)C.[2H]C1(c2cccc(-c3ccc(-c4ccccc4C)[n+](C)c3)c2)CCCC1. The van der Waals surface area contributed by atoms with Crippen molar-refractivity contribution < 1.29 is 22.4 Å². The lowest BCUT2D eigenvalue weighted by atomic mass is 9.87. The van der Waals surface area contributed by atoms with Crippen LogP contribution in [0.1, 0.15) is 153 Å². The van der Waals surface area contributed by atoms with Crippen molar-refractivity contribution in [3.05, 3.63) is 312 Å². The Morgan fingerprint density at radius 2 is 0.630 bits per heavy atom. The Balaban J connectivity index is 0.000000138. The van der Waals surface area contributed by atoms with Crippen molar-refractivity contribution in [2.45, 2.75) is 145 Å². The number of rotatable bonds is 12. The van der Waals surface area contributed by atoms with Crippen LogP contribution in [-0.2, 0) is 41.0 Å². The molecule has 100 heavy (non-hydrogen) atoms. The standard InChI is InChI=1S/2C24H26N.2C24H28N/c2*1-18-8-3-6-13-23(18)24-15-14-22(17-25(24)2)21-12-7-11-20(16-21)19-9-4-5-10-19;2*1-18-8-6-7-9-22(18)23-15-14-21(17-25(23)5)20-12-10-19(11-13-20)16-24(2,3)4/h2*3,6-8,11-17,19H,4-5,9-10H2,1-2H3;2*6-15,17H,16H2,1-5H3/q4*+1/i19D;;16D2;. The van der Waals surface area contributed by atoms with Crippen molar-refractivity contribution in [1.29, 1.82) is 0 Å². The molecular formula is C96H108N4+4. The predicted octanol–water partition coefficient (Wildman–Crippen LogP) is 23.1. The van der Waals surface area contributed by atoms with Gasteiger partial charge in [-0.1, -0.05) is 237 Å². The molecule has 8 aromatic carbocycles. The summed E-state index contributed by atoms with van der Waals surface area (Å²) in [5, 5.41) is 0. The molecule has 0 N–H and O–H groups in total. The van der Waals surface area contributed by atoms with Crippen LogP contribution in [0.15, 0.2) is 267 Å². The summed E-state index contributed by atoms with van der Waals surface area (Å²) in [7, 11) is 8.45. The van der Waals surface area contributed by atoms with Gasteiger partial charge in [0.25, 0.3) is 0 Å². The van der Waals surface area contributed by atoms with Gasteiger partial charge in [0.1, 0.15) is 28.2 Å². The molecule has 0 saturated heterocycles. The molecule has 508 valence electrons. The molecular weight excluding hydrogens is 1210 g/mol. The number of benzene rings is 8. The molecule has 0 radical (unpaired) electrons. The average Bonchev–Trinajstić information content (AvgIpc) is 1.45. The third kappa shape index (κ3) is 18.6. The summed E-state index contributed by atoms with van der Waals surface area (Å²) in [6, 6.07) is 86.3. The van der Waals surface area contributed by atoms with E-state index in [-0.39, 0.29) is 5.89 Å². The van der Waals surface area contributed by atoms with Gasteiger partial charge in [0.15, 0.2) is 24.8 Å². The van der Waals surface area contributed by atoms with E-state index in [0.29, 0.717) is 5.41 Å². The second-order valence-corrected chi connectivity index (χ2v) is 30.3. The van der Waals surface area contributed by atoms with Gasteiger partial charge in [-0.05, 0) is 204 Å². The first-order chi connectivity index (χ1) is 49.2. The molecule has 0 atom stereocenters. The van der Waals surface area contributed by atoms with E-state index in [2.05, 4.69) is 338 Å². The minimum absolute atomic E-state index is 0.323. The second-order valence-electron chi connectivity index (χ2n) is 30.3. The zero-order valence-corrected chi connectivity index (χ0v) is 62.1. The summed E-state index contributed by atoms with van der Waals surface area (Å²) in [6.45, 7) is 21.3. The van der Waals surface area contributed by atoms with Crippen LogP contribution >= 0.6 is 0 Å². The lowest BCUT2D eigenvalue weighted by Crippen LogP contribution is -2.30. The Kier molecular flexibility index (Phi) is 22.0. The molecule has 0 bridgehead atoms. The highest BCUT2D eigenvalue weighted by atomic mass is 14.9. The molecule has 0 unspecified atom stereocenters. The largest absolute Gasteiger partial charge is 0.212 e. The lowest BCUT2D eigenvalue weighted by molar-refractivity contribution is -0.660. The summed E-state index contributed by atoms with van der Waals surface area (Å²) < 4.78 is 34.5. The molecule has 0 amide bonds. The van der Waals surface area contributed by atoms with Crippen molar-refractivity contribution in [1.82, 2.24) is 0 Å². The van der Waals surface area contributed by atoms with Gasteiger partial charge in [-0.3, -0.25) is 0 Å². The van der Waals surface area contributed by atoms with Crippen molar-refractivity contribution in [3.8, 4) is 89.5 Å². The molecule has 4 aromatic heterocycles. The smallest absolute Gasteiger partial charge is 0.200 e. The van der Waals surface area contributed by atoms with Gasteiger partial charge in [0.05, 0.1) is 0 Å². The van der Waals surface area contributed by atoms with Gasteiger partial charge >= 0.3 is 0 Å². The monoisotopic (exact) mass is 1320 g/mol. The van der Waals surface area contributed by atoms with Gasteiger partial charge in [0.2, 0.25) is 22.8 Å². The van der Waals surface area contributed by atoms with Crippen LogP contribution in [0.4, 0.5) is 0 Å². The topological polar surface area (TPSA) is 15.5 Å². The molecule has 4 nitrogen and oxygen atoms in total. The highest BCUT2D eigenvalue weighted by molar-refractivity contribution is 5.71. The Labute approximate surface area is 604 Å². The van der Waals surface area contributed by atoms with Gasteiger partial charge in [0, 0.05) is 72.9 Å². The van der Waals surface area contributed by atoms with E-state index in [1.54, 1.807) is 0 Å². The molecule has 14 rings (SSSR count). The third-order valence-corrected chi connectivity index (χ3v) is 19.8. The lowest BCUT2D eigenvalue weighted by Gasteiger charge is -2.18. The number of hydrogen-bond donors (Lipinski definition) is 0. The maximum atomic E-state index is 8.79. The fraction of sp³-hybridized carbons (Fsp3) is 0.292. The van der Waals surface area contributed by atoms with Crippen LogP contribution in [0.25, 0.3) is 89.5 Å². The highest BCUT2D eigenvalue weighted by Crippen LogP contribution is 2.38. The zero-order valence-electron chi connectivity index (χ0n) is 65.1. The molecule has 2 aliphatic carbocycles. The van der Waals surface area contributed by atoms with Crippen LogP contribution in [0.5, 0.6) is 0 Å². The number of nitrogens with zero attached hydrogens (tertiary/aromatic N) is 4. The maximum Gasteiger partial charge on any atom is 0.212 e. The van der Waals surface area contributed by atoms with Crippen LogP contribution in [0, 0.1) is 38.5 Å². The zero-order chi connectivity index (χ0) is 73.2. The Morgan fingerprint density at radius 3 is 0.970 bits per heavy atom. The quantitative estimate of drug-likeness (QED) is 0.108. The van der Waals surface area contributed by atoms with E-state index < -0.39 is 11.8 Å². The first-order valence-corrected chi connectivity index (χ1v) is 36.4. The molecule has 4 heterocycles. The number of aromatic nitrogens is 4. The highest BCUT2D eigenvalue weighted by Gasteiger charge is 2.23. The van der Waals surface area contributed by atoms with E-state index >= 15 is 0 Å². The van der Waals surface area contributed by atoms with E-state index in [4.69, 9.17) is 4.11 Å². The van der Waals surface area contributed by atoms with Crippen LogP contribution < -0.4 is 18.3 Å². The summed E-state index contributed by atoms with van der Waals surface area (Å²) in [6.07, 6.45) is 18.3. The van der Waals surface area contributed by atoms with E-state index in [9.17, 15) is 0 Å². The molecule has 2 saturated carbocycles. The average molecular weight is 1320 g/mol. The summed E-state index contributed by atoms with van der Waals surface area (Å²) in [4.78, 5) is 0. The number of hydrogen-bond acceptors (Lipinski definition) is 0. The van der Waals surface area contributed by atoms with Crippen LogP contribution in [0.3, 0.4) is 0 Å². The molecule has 4 heteroatoms. The third-order valence-electron chi connectivity index (χ3n) is 19.8. The molecule has 2 fully saturated rings. The Bertz CT molecular complexity index is 4880. The Hall–Kier alpha value is -9.64. The summed E-state index contributed by atoms with van der Waals surface area (Å²) in [5.41, 5.74) is 29.6. The Morgan fingerprint density at radius 1 is 0.320 bits per heavy atom. The van der Waals surface area contributed by atoms with Crippen LogP contribution in [0.2, 0.25) is 0 Å². The maximum absolute atomic E-state index is 8.79. The van der Waals surface area contributed by atoms with E-state index in [1.807, 2.05) is 45.0 Å². The summed E-state index contributed by atoms with van der Waals surface area (Å²) in [5.74, 6) is 0.374. The van der Waals surface area contributed by atoms with Gasteiger partial charge in [-0.2, -0.15) is 0 Å². The van der Waals surface area contributed by atoms with Crippen molar-refractivity contribution in [2.75, 3.05) is 0 Å². The molecule has 12 aromatic rings. The minimum atomic E-state index is -1.37. The van der Waals surface area contributed by atoms with Crippen LogP contribution in [-0.4, -0.2) is 0 Å². The molecule has 0 spiro atoms. The van der Waals surface area contributed by atoms with Gasteiger partial charge in [-0.25, -0.2) is 18.3 Å². The van der Waals surface area contributed by atoms with Gasteiger partial charge < -0.3 is 0 Å². The predicted molar refractivity (Wildman–Crippen MR) is 422 cm³/mol. The molecule has 2 aliphatic rings. The van der Waals surface area contributed by atoms with Crippen molar-refractivity contribution in [3.63, 3.8) is 0 Å². The second kappa shape index (κ2) is 32.6. The normalized spacial score (nSPS) is 14.1. The fourth-order valence-electron chi connectivity index (χ4n) is 14.5. The van der Waals surface area contributed by atoms with Gasteiger partial charge in [-0.15, -0.1) is 0 Å². The van der Waals surface area contributed by atoms with Crippen molar-refractivity contribution >= 4 is 0 Å².